The van der Waals surface area contributed by atoms with Crippen molar-refractivity contribution in [3.63, 3.8) is 0 Å². The van der Waals surface area contributed by atoms with Crippen LogP contribution in [0.15, 0.2) is 0 Å². The molecule has 0 bridgehead atoms. The molecule has 0 aliphatic rings. The minimum atomic E-state index is -1.10. The number of hydrogen-bond acceptors (Lipinski definition) is 6. The molecule has 0 saturated heterocycles. The van der Waals surface area contributed by atoms with E-state index in [0.717, 1.165) is 0 Å². The number of nitriles is 1. The van der Waals surface area contributed by atoms with Crippen LogP contribution in [0.4, 0.5) is 0 Å². The summed E-state index contributed by atoms with van der Waals surface area (Å²) in [6.45, 7) is 1.02. The van der Waals surface area contributed by atoms with Crippen molar-refractivity contribution in [3.8, 4) is 6.07 Å². The first-order chi connectivity index (χ1) is 9.96. The third-order valence-electron chi connectivity index (χ3n) is 2.48. The molecule has 21 heavy (non-hydrogen) atoms. The van der Waals surface area contributed by atoms with Crippen LogP contribution in [0.2, 0.25) is 0 Å². The second-order valence-electron chi connectivity index (χ2n) is 3.95. The predicted octanol–water partition coefficient (Wildman–Crippen LogP) is -0.777. The third kappa shape index (κ3) is 7.57. The maximum absolute atomic E-state index is 11.7. The summed E-state index contributed by atoms with van der Waals surface area (Å²) in [5.41, 5.74) is 8.21. The van der Waals surface area contributed by atoms with Gasteiger partial charge in [0.25, 0.3) is 0 Å². The third-order valence-corrected chi connectivity index (χ3v) is 2.48. The molecule has 9 heteroatoms. The Hall–Kier alpha value is -2.56. The lowest BCUT2D eigenvalue weighted by Gasteiger charge is -2.18. The number of ether oxygens (including phenoxy) is 2. The number of carbonyl (C=O) groups is 3. The van der Waals surface area contributed by atoms with Crippen molar-refractivity contribution in [3.05, 3.63) is 5.53 Å². The van der Waals surface area contributed by atoms with Gasteiger partial charge < -0.3 is 20.3 Å². The monoisotopic (exact) mass is 296 g/mol. The van der Waals surface area contributed by atoms with Crippen molar-refractivity contribution in [2.75, 3.05) is 13.7 Å². The molecule has 1 N–H and O–H groups in total. The lowest BCUT2D eigenvalue weighted by atomic mass is 10.1. The average molecular weight is 296 g/mol. The molecule has 0 unspecified atom stereocenters. The number of amides is 1. The van der Waals surface area contributed by atoms with E-state index in [1.807, 2.05) is 0 Å². The Kier molecular flexibility index (Phi) is 9.00. The number of esters is 1. The number of Topliss-reactive ketones (excluding diaryl/α,β-unsaturated/α-hetero) is 1. The molecule has 0 aliphatic carbocycles. The number of nitrogens with one attached hydrogen (secondary N) is 1. The first kappa shape index (κ1) is 18.4. The van der Waals surface area contributed by atoms with E-state index in [0.29, 0.717) is 6.21 Å². The number of rotatable bonds is 9. The van der Waals surface area contributed by atoms with Gasteiger partial charge in [-0.05, 0) is 13.3 Å². The number of nitrogens with zero attached hydrogens (tertiary/aromatic N) is 3. The SMILES string of the molecule is CO[C@H](C)C(=O)N[C@@H](CCC(=O)C=[N+]=[N-])C(=O)OCC#N. The van der Waals surface area contributed by atoms with Gasteiger partial charge in [-0.25, -0.2) is 4.79 Å². The van der Waals surface area contributed by atoms with Crippen LogP contribution in [0.25, 0.3) is 5.53 Å². The Morgan fingerprint density at radius 1 is 1.48 bits per heavy atom. The Labute approximate surface area is 121 Å². The lowest BCUT2D eigenvalue weighted by molar-refractivity contribution is -0.148. The van der Waals surface area contributed by atoms with Gasteiger partial charge in [0.15, 0.2) is 6.61 Å². The first-order valence-corrected chi connectivity index (χ1v) is 6.03. The van der Waals surface area contributed by atoms with E-state index in [9.17, 15) is 14.4 Å². The maximum Gasteiger partial charge on any atom is 0.329 e. The molecular weight excluding hydrogens is 280 g/mol. The smallest absolute Gasteiger partial charge is 0.329 e. The van der Waals surface area contributed by atoms with Gasteiger partial charge in [0.2, 0.25) is 11.7 Å². The van der Waals surface area contributed by atoms with Crippen LogP contribution in [0, 0.1) is 11.3 Å². The zero-order valence-corrected chi connectivity index (χ0v) is 11.7. The van der Waals surface area contributed by atoms with E-state index >= 15 is 0 Å². The van der Waals surface area contributed by atoms with Gasteiger partial charge >= 0.3 is 12.2 Å². The number of hydrogen-bond donors (Lipinski definition) is 1. The first-order valence-electron chi connectivity index (χ1n) is 6.03. The fourth-order valence-corrected chi connectivity index (χ4v) is 1.26. The van der Waals surface area contributed by atoms with Crippen molar-refractivity contribution < 1.29 is 28.6 Å². The van der Waals surface area contributed by atoms with Crippen LogP contribution in [0.5, 0.6) is 0 Å². The van der Waals surface area contributed by atoms with E-state index in [-0.39, 0.29) is 12.8 Å². The Balaban J connectivity index is 4.72. The van der Waals surface area contributed by atoms with Crippen LogP contribution >= 0.6 is 0 Å². The van der Waals surface area contributed by atoms with Crippen LogP contribution < -0.4 is 5.32 Å². The Morgan fingerprint density at radius 3 is 2.67 bits per heavy atom. The fourth-order valence-electron chi connectivity index (χ4n) is 1.26. The van der Waals surface area contributed by atoms with E-state index in [2.05, 4.69) is 14.8 Å². The lowest BCUT2D eigenvalue weighted by Crippen LogP contribution is -2.46. The van der Waals surface area contributed by atoms with Crippen molar-refractivity contribution in [1.29, 1.82) is 5.26 Å². The quantitative estimate of drug-likeness (QED) is 0.256. The van der Waals surface area contributed by atoms with E-state index in [4.69, 9.17) is 15.5 Å². The van der Waals surface area contributed by atoms with Gasteiger partial charge in [-0.15, -0.1) is 0 Å². The van der Waals surface area contributed by atoms with Crippen molar-refractivity contribution in [2.45, 2.75) is 31.9 Å². The predicted molar refractivity (Wildman–Crippen MR) is 68.9 cm³/mol. The highest BCUT2D eigenvalue weighted by Gasteiger charge is 2.25. The van der Waals surface area contributed by atoms with Crippen molar-refractivity contribution in [2.24, 2.45) is 0 Å². The molecule has 0 aromatic carbocycles. The molecule has 0 fully saturated rings. The zero-order chi connectivity index (χ0) is 16.3. The van der Waals surface area contributed by atoms with E-state index < -0.39 is 36.4 Å². The Morgan fingerprint density at radius 2 is 2.14 bits per heavy atom. The van der Waals surface area contributed by atoms with Gasteiger partial charge in [0.1, 0.15) is 18.2 Å². The molecule has 0 aromatic rings. The fraction of sp³-hybridized carbons (Fsp3) is 0.583. The second-order valence-corrected chi connectivity index (χ2v) is 3.95. The molecule has 0 radical (unpaired) electrons. The molecular formula is C12H16N4O5. The number of carbonyl (C=O) groups excluding carboxylic acids is 3. The summed E-state index contributed by atoms with van der Waals surface area (Å²) in [6, 6.07) is 0.527. The number of ketones is 1. The molecule has 9 nitrogen and oxygen atoms in total. The van der Waals surface area contributed by atoms with Gasteiger partial charge in [-0.3, -0.25) is 9.59 Å². The summed E-state index contributed by atoms with van der Waals surface area (Å²) in [5.74, 6) is -1.91. The highest BCUT2D eigenvalue weighted by atomic mass is 16.5. The molecule has 0 spiro atoms. The minimum absolute atomic E-state index is 0.0582. The van der Waals surface area contributed by atoms with Gasteiger partial charge in [-0.2, -0.15) is 10.1 Å². The molecule has 0 aliphatic heterocycles. The number of methoxy groups -OCH3 is 1. The second kappa shape index (κ2) is 10.3. The molecule has 1 amide bonds. The van der Waals surface area contributed by atoms with Gasteiger partial charge in [0.05, 0.1) is 0 Å². The average Bonchev–Trinajstić information content (AvgIpc) is 2.47. The molecule has 2 atom stereocenters. The summed E-state index contributed by atoms with van der Waals surface area (Å²) in [6.07, 6.45) is -0.293. The molecule has 0 aromatic heterocycles. The highest BCUT2D eigenvalue weighted by molar-refractivity contribution is 6.25. The summed E-state index contributed by atoms with van der Waals surface area (Å²) in [5, 5.41) is 10.7. The van der Waals surface area contributed by atoms with Crippen molar-refractivity contribution >= 4 is 23.9 Å². The van der Waals surface area contributed by atoms with Crippen LogP contribution in [-0.2, 0) is 23.9 Å². The molecule has 0 saturated carbocycles. The van der Waals surface area contributed by atoms with Crippen LogP contribution in [-0.4, -0.2) is 54.5 Å². The molecule has 0 rings (SSSR count). The highest BCUT2D eigenvalue weighted by Crippen LogP contribution is 2.02. The topological polar surface area (TPSA) is 142 Å². The zero-order valence-electron chi connectivity index (χ0n) is 11.7. The largest absolute Gasteiger partial charge is 0.449 e. The minimum Gasteiger partial charge on any atom is -0.449 e. The van der Waals surface area contributed by atoms with Gasteiger partial charge in [0, 0.05) is 13.5 Å². The maximum atomic E-state index is 11.7. The summed E-state index contributed by atoms with van der Waals surface area (Å²) in [4.78, 5) is 37.1. The van der Waals surface area contributed by atoms with E-state index in [1.165, 1.54) is 14.0 Å². The normalized spacial score (nSPS) is 12.2. The van der Waals surface area contributed by atoms with Crippen molar-refractivity contribution in [1.82, 2.24) is 5.32 Å². The standard InChI is InChI=1S/C12H16N4O5/c1-8(20-2)11(18)16-10(12(19)21-6-5-13)4-3-9(17)7-15-14/h7-8,10H,3-4,6H2,1-2H3,(H,16,18)/t8-,10+/m1/s1. The molecule has 0 heterocycles. The summed E-state index contributed by atoms with van der Waals surface area (Å²) >= 11 is 0. The van der Waals surface area contributed by atoms with Crippen LogP contribution in [0.1, 0.15) is 19.8 Å². The Bertz CT molecular complexity index is 479. The van der Waals surface area contributed by atoms with E-state index in [1.54, 1.807) is 6.07 Å². The summed E-state index contributed by atoms with van der Waals surface area (Å²) in [7, 11) is 1.33. The summed E-state index contributed by atoms with van der Waals surface area (Å²) < 4.78 is 9.41. The van der Waals surface area contributed by atoms with Gasteiger partial charge in [-0.1, -0.05) is 0 Å². The molecule has 114 valence electrons. The van der Waals surface area contributed by atoms with Crippen LogP contribution in [0.3, 0.4) is 0 Å².